The second-order valence-electron chi connectivity index (χ2n) is 6.88. The highest BCUT2D eigenvalue weighted by atomic mass is 16.1. The van der Waals surface area contributed by atoms with Gasteiger partial charge in [-0.1, -0.05) is 20.8 Å². The van der Waals surface area contributed by atoms with Gasteiger partial charge < -0.3 is 0 Å². The molecule has 2 aliphatic rings. The third kappa shape index (κ3) is 1.19. The minimum absolute atomic E-state index is 0.0274. The quantitative estimate of drug-likeness (QED) is 0.797. The van der Waals surface area contributed by atoms with Gasteiger partial charge in [-0.3, -0.25) is 4.79 Å². The summed E-state index contributed by atoms with van der Waals surface area (Å²) in [5.74, 6) is 1.72. The van der Waals surface area contributed by atoms with Crippen LogP contribution in [-0.4, -0.2) is 25.4 Å². The van der Waals surface area contributed by atoms with Crippen LogP contribution in [0.25, 0.3) is 5.78 Å². The number of aromatic nitrogens is 4. The zero-order valence-electron chi connectivity index (χ0n) is 12.0. The van der Waals surface area contributed by atoms with Crippen molar-refractivity contribution in [3.05, 3.63) is 24.3 Å². The molecule has 2 aromatic heterocycles. The average Bonchev–Trinajstić information content (AvgIpc) is 2.97. The largest absolute Gasteiger partial charge is 0.298 e. The van der Waals surface area contributed by atoms with Gasteiger partial charge in [0, 0.05) is 17.8 Å². The Balaban J connectivity index is 1.86. The number of Topliss-reactive ketones (excluding diaryl/α,β-unsaturated/α-hetero) is 1. The number of nitrogens with zero attached hydrogens (tertiary/aromatic N) is 4. The zero-order chi connectivity index (χ0) is 14.1. The molecule has 3 atom stereocenters. The number of carbonyl (C=O) groups is 1. The summed E-state index contributed by atoms with van der Waals surface area (Å²) in [7, 11) is 0. The van der Waals surface area contributed by atoms with Crippen molar-refractivity contribution in [1.29, 1.82) is 0 Å². The Morgan fingerprint density at radius 3 is 2.80 bits per heavy atom. The summed E-state index contributed by atoms with van der Waals surface area (Å²) < 4.78 is 1.66. The fourth-order valence-corrected chi connectivity index (χ4v) is 4.26. The molecule has 0 saturated heterocycles. The van der Waals surface area contributed by atoms with Crippen molar-refractivity contribution in [3.8, 4) is 0 Å². The summed E-state index contributed by atoms with van der Waals surface area (Å²) in [6, 6.07) is 1.82. The molecule has 0 amide bonds. The topological polar surface area (TPSA) is 60.2 Å². The lowest BCUT2D eigenvalue weighted by Crippen LogP contribution is -2.33. The minimum Gasteiger partial charge on any atom is -0.298 e. The summed E-state index contributed by atoms with van der Waals surface area (Å²) in [6.45, 7) is 6.55. The van der Waals surface area contributed by atoms with Crippen LogP contribution >= 0.6 is 0 Å². The molecule has 0 aromatic carbocycles. The van der Waals surface area contributed by atoms with E-state index in [9.17, 15) is 4.79 Å². The van der Waals surface area contributed by atoms with Gasteiger partial charge >= 0.3 is 0 Å². The lowest BCUT2D eigenvalue weighted by atomic mass is 9.70. The number of rotatable bonds is 1. The first kappa shape index (κ1) is 12.0. The van der Waals surface area contributed by atoms with Gasteiger partial charge in [-0.15, -0.1) is 5.10 Å². The predicted octanol–water partition coefficient (Wildman–Crippen LogP) is 2.23. The van der Waals surface area contributed by atoms with E-state index in [1.54, 1.807) is 10.7 Å². The van der Waals surface area contributed by atoms with Crippen LogP contribution in [0.4, 0.5) is 0 Å². The van der Waals surface area contributed by atoms with E-state index in [4.69, 9.17) is 0 Å². The molecular formula is C15H18N4O. The Morgan fingerprint density at radius 1 is 1.35 bits per heavy atom. The van der Waals surface area contributed by atoms with Crippen LogP contribution in [0.3, 0.4) is 0 Å². The molecule has 5 nitrogen and oxygen atoms in total. The number of fused-ring (bicyclic) bond motifs is 3. The number of hydrogen-bond acceptors (Lipinski definition) is 4. The third-order valence-electron chi connectivity index (χ3n) is 5.94. The Hall–Kier alpha value is -1.78. The first-order chi connectivity index (χ1) is 9.45. The van der Waals surface area contributed by atoms with Gasteiger partial charge in [0.25, 0.3) is 5.78 Å². The molecule has 20 heavy (non-hydrogen) atoms. The van der Waals surface area contributed by atoms with Crippen LogP contribution < -0.4 is 0 Å². The third-order valence-corrected chi connectivity index (χ3v) is 5.94. The molecule has 0 unspecified atom stereocenters. The van der Waals surface area contributed by atoms with Crippen LogP contribution in [0.2, 0.25) is 0 Å². The summed E-state index contributed by atoms with van der Waals surface area (Å²) in [6.07, 6.45) is 5.60. The molecule has 2 aliphatic carbocycles. The normalized spacial score (nSPS) is 35.0. The van der Waals surface area contributed by atoms with E-state index in [2.05, 4.69) is 35.8 Å². The van der Waals surface area contributed by atoms with Crippen molar-refractivity contribution in [2.45, 2.75) is 39.5 Å². The van der Waals surface area contributed by atoms with Crippen LogP contribution in [0.5, 0.6) is 0 Å². The highest BCUT2D eigenvalue weighted by molar-refractivity contribution is 5.95. The molecule has 0 spiro atoms. The Bertz CT molecular complexity index is 686. The van der Waals surface area contributed by atoms with E-state index >= 15 is 0 Å². The summed E-state index contributed by atoms with van der Waals surface area (Å²) >= 11 is 0. The maximum atomic E-state index is 12.9. The predicted molar refractivity (Wildman–Crippen MR) is 73.1 cm³/mol. The molecule has 0 aliphatic heterocycles. The molecule has 2 bridgehead atoms. The van der Waals surface area contributed by atoms with Gasteiger partial charge in [0.15, 0.2) is 5.82 Å². The highest BCUT2D eigenvalue weighted by Crippen LogP contribution is 2.67. The lowest BCUT2D eigenvalue weighted by Gasteiger charge is -2.32. The second kappa shape index (κ2) is 3.45. The van der Waals surface area contributed by atoms with Gasteiger partial charge in [0.05, 0.1) is 5.92 Å². The van der Waals surface area contributed by atoms with Gasteiger partial charge in [0.2, 0.25) is 0 Å². The molecule has 0 radical (unpaired) electrons. The van der Waals surface area contributed by atoms with E-state index < -0.39 is 0 Å². The molecular weight excluding hydrogens is 252 g/mol. The summed E-state index contributed by atoms with van der Waals surface area (Å²) in [4.78, 5) is 21.5. The van der Waals surface area contributed by atoms with Gasteiger partial charge in [-0.05, 0) is 30.2 Å². The fraction of sp³-hybridized carbons (Fsp3) is 0.600. The van der Waals surface area contributed by atoms with E-state index in [1.165, 1.54) is 0 Å². The van der Waals surface area contributed by atoms with Crippen LogP contribution in [-0.2, 0) is 4.79 Å². The molecule has 5 heteroatoms. The first-order valence-corrected chi connectivity index (χ1v) is 7.17. The maximum Gasteiger partial charge on any atom is 0.252 e. The zero-order valence-corrected chi connectivity index (χ0v) is 12.0. The average molecular weight is 270 g/mol. The molecule has 2 aromatic rings. The van der Waals surface area contributed by atoms with E-state index in [0.29, 0.717) is 23.3 Å². The van der Waals surface area contributed by atoms with Crippen molar-refractivity contribution >= 4 is 11.6 Å². The van der Waals surface area contributed by atoms with Gasteiger partial charge in [-0.2, -0.15) is 4.98 Å². The molecule has 2 heterocycles. The van der Waals surface area contributed by atoms with Crippen molar-refractivity contribution in [3.63, 3.8) is 0 Å². The fourth-order valence-electron chi connectivity index (χ4n) is 4.26. The van der Waals surface area contributed by atoms with Crippen molar-refractivity contribution in [2.75, 3.05) is 0 Å². The smallest absolute Gasteiger partial charge is 0.252 e. The highest BCUT2D eigenvalue weighted by Gasteiger charge is 2.67. The first-order valence-electron chi connectivity index (χ1n) is 7.17. The van der Waals surface area contributed by atoms with Crippen molar-refractivity contribution in [1.82, 2.24) is 19.6 Å². The summed E-state index contributed by atoms with van der Waals surface area (Å²) in [5.41, 5.74) is -0.201. The Labute approximate surface area is 117 Å². The standard InChI is InChI=1S/C15H18N4O/c1-14(2)9-5-6-15(14,3)11(20)10(9)12-17-13-16-7-4-8-19(13)18-12/h4,7-10H,5-6H2,1-3H3/t9-,10+,15+/m1/s1. The van der Waals surface area contributed by atoms with E-state index in [0.717, 1.165) is 12.8 Å². The van der Waals surface area contributed by atoms with Crippen LogP contribution in [0, 0.1) is 16.7 Å². The lowest BCUT2D eigenvalue weighted by molar-refractivity contribution is -0.129. The SMILES string of the molecule is CC1(C)[C@@H]2CC[C@@]1(C)C(=O)[C@H]2c1nc2ncccn2n1. The number of carbonyl (C=O) groups excluding carboxylic acids is 1. The molecule has 2 saturated carbocycles. The second-order valence-corrected chi connectivity index (χ2v) is 6.88. The monoisotopic (exact) mass is 270 g/mol. The van der Waals surface area contributed by atoms with Gasteiger partial charge in [-0.25, -0.2) is 9.50 Å². The molecule has 0 N–H and O–H groups in total. The number of ketones is 1. The maximum absolute atomic E-state index is 12.9. The van der Waals surface area contributed by atoms with Crippen LogP contribution in [0.1, 0.15) is 45.4 Å². The van der Waals surface area contributed by atoms with Crippen molar-refractivity contribution in [2.24, 2.45) is 16.7 Å². The van der Waals surface area contributed by atoms with Crippen LogP contribution in [0.15, 0.2) is 18.5 Å². The molecule has 104 valence electrons. The number of hydrogen-bond donors (Lipinski definition) is 0. The Kier molecular flexibility index (Phi) is 2.07. The van der Waals surface area contributed by atoms with Gasteiger partial charge in [0.1, 0.15) is 5.78 Å². The van der Waals surface area contributed by atoms with E-state index in [1.807, 2.05) is 12.3 Å². The van der Waals surface area contributed by atoms with Crippen molar-refractivity contribution < 1.29 is 4.79 Å². The minimum atomic E-state index is -0.229. The summed E-state index contributed by atoms with van der Waals surface area (Å²) in [5, 5.41) is 4.48. The molecule has 2 fully saturated rings. The van der Waals surface area contributed by atoms with E-state index in [-0.39, 0.29) is 16.7 Å². The Morgan fingerprint density at radius 2 is 2.15 bits per heavy atom. The molecule has 4 rings (SSSR count).